The van der Waals surface area contributed by atoms with Crippen molar-refractivity contribution in [2.45, 2.75) is 77.7 Å². The van der Waals surface area contributed by atoms with Crippen LogP contribution in [0.3, 0.4) is 0 Å². The highest BCUT2D eigenvalue weighted by molar-refractivity contribution is 5.08. The van der Waals surface area contributed by atoms with Crippen LogP contribution in [0, 0.1) is 29.1 Å². The molecule has 5 unspecified atom stereocenters. The highest BCUT2D eigenvalue weighted by Gasteiger charge is 2.54. The molecule has 0 heterocycles. The molecule has 1 heteroatoms. The van der Waals surface area contributed by atoms with Crippen molar-refractivity contribution in [1.82, 2.24) is 0 Å². The topological polar surface area (TPSA) is 26.0 Å². The summed E-state index contributed by atoms with van der Waals surface area (Å²) < 4.78 is 0. The van der Waals surface area contributed by atoms with Gasteiger partial charge in [0.25, 0.3) is 0 Å². The standard InChI is InChI=1S/C17H31N/c1-16(2,3)15-6-4-5-9-17(15,18)14-11-12-7-8-13(14)10-12/h12-15H,4-11,18H2,1-3H3. The average Bonchev–Trinajstić information content (AvgIpc) is 2.89. The van der Waals surface area contributed by atoms with Gasteiger partial charge in [-0.2, -0.15) is 0 Å². The van der Waals surface area contributed by atoms with Crippen LogP contribution in [-0.2, 0) is 0 Å². The molecular weight excluding hydrogens is 218 g/mol. The maximum Gasteiger partial charge on any atom is 0.0219 e. The Balaban J connectivity index is 1.86. The lowest BCUT2D eigenvalue weighted by Gasteiger charge is -2.53. The minimum absolute atomic E-state index is 0.163. The molecule has 0 aliphatic heterocycles. The molecule has 3 fully saturated rings. The van der Waals surface area contributed by atoms with E-state index in [1.54, 1.807) is 0 Å². The van der Waals surface area contributed by atoms with Crippen LogP contribution in [-0.4, -0.2) is 5.54 Å². The highest BCUT2D eigenvalue weighted by Crippen LogP contribution is 2.57. The summed E-state index contributed by atoms with van der Waals surface area (Å²) in [5, 5.41) is 0. The molecule has 104 valence electrons. The Labute approximate surface area is 113 Å². The normalized spacial score (nSPS) is 48.7. The Morgan fingerprint density at radius 3 is 2.33 bits per heavy atom. The van der Waals surface area contributed by atoms with Crippen LogP contribution in [0.1, 0.15) is 72.1 Å². The lowest BCUT2D eigenvalue weighted by Crippen LogP contribution is -2.59. The molecule has 3 aliphatic rings. The molecule has 1 nitrogen and oxygen atoms in total. The Kier molecular flexibility index (Phi) is 3.05. The van der Waals surface area contributed by atoms with E-state index in [4.69, 9.17) is 5.73 Å². The van der Waals surface area contributed by atoms with Crippen LogP contribution < -0.4 is 5.73 Å². The Bertz CT molecular complexity index is 316. The lowest BCUT2D eigenvalue weighted by atomic mass is 9.56. The molecule has 0 aromatic heterocycles. The number of fused-ring (bicyclic) bond motifs is 2. The zero-order valence-corrected chi connectivity index (χ0v) is 12.5. The van der Waals surface area contributed by atoms with Gasteiger partial charge in [-0.25, -0.2) is 0 Å². The van der Waals surface area contributed by atoms with Gasteiger partial charge in [-0.1, -0.05) is 40.0 Å². The molecule has 2 N–H and O–H groups in total. The van der Waals surface area contributed by atoms with Crippen LogP contribution >= 0.6 is 0 Å². The molecular formula is C17H31N. The maximum absolute atomic E-state index is 7.08. The Morgan fingerprint density at radius 1 is 1.00 bits per heavy atom. The number of nitrogens with two attached hydrogens (primary N) is 1. The molecule has 2 bridgehead atoms. The molecule has 3 aliphatic carbocycles. The van der Waals surface area contributed by atoms with E-state index in [0.717, 1.165) is 23.7 Å². The summed E-state index contributed by atoms with van der Waals surface area (Å²) in [4.78, 5) is 0. The fourth-order valence-corrected chi connectivity index (χ4v) is 5.81. The van der Waals surface area contributed by atoms with Crippen molar-refractivity contribution >= 4 is 0 Å². The van der Waals surface area contributed by atoms with Crippen LogP contribution in [0.4, 0.5) is 0 Å². The second-order valence-electron chi connectivity index (χ2n) is 8.56. The first-order valence-corrected chi connectivity index (χ1v) is 8.20. The zero-order chi connectivity index (χ0) is 13.0. The first-order chi connectivity index (χ1) is 8.41. The van der Waals surface area contributed by atoms with Crippen molar-refractivity contribution < 1.29 is 0 Å². The van der Waals surface area contributed by atoms with Gasteiger partial charge >= 0.3 is 0 Å². The van der Waals surface area contributed by atoms with Crippen molar-refractivity contribution in [2.24, 2.45) is 34.8 Å². The second-order valence-corrected chi connectivity index (χ2v) is 8.56. The van der Waals surface area contributed by atoms with Crippen LogP contribution in [0.25, 0.3) is 0 Å². The van der Waals surface area contributed by atoms with Gasteiger partial charge in [-0.15, -0.1) is 0 Å². The van der Waals surface area contributed by atoms with Crippen LogP contribution in [0.2, 0.25) is 0 Å². The first-order valence-electron chi connectivity index (χ1n) is 8.20. The zero-order valence-electron chi connectivity index (χ0n) is 12.5. The molecule has 0 radical (unpaired) electrons. The van der Waals surface area contributed by atoms with E-state index in [2.05, 4.69) is 20.8 Å². The predicted molar refractivity (Wildman–Crippen MR) is 77.3 cm³/mol. The van der Waals surface area contributed by atoms with Gasteiger partial charge < -0.3 is 5.73 Å². The third-order valence-corrected chi connectivity index (χ3v) is 6.48. The summed E-state index contributed by atoms with van der Waals surface area (Å²) in [7, 11) is 0. The van der Waals surface area contributed by atoms with E-state index in [1.165, 1.54) is 51.4 Å². The van der Waals surface area contributed by atoms with Crippen molar-refractivity contribution in [3.63, 3.8) is 0 Å². The third-order valence-electron chi connectivity index (χ3n) is 6.48. The second kappa shape index (κ2) is 4.23. The fraction of sp³-hybridized carbons (Fsp3) is 1.00. The molecule has 18 heavy (non-hydrogen) atoms. The molecule has 0 amide bonds. The summed E-state index contributed by atoms with van der Waals surface area (Å²) in [5.41, 5.74) is 7.63. The van der Waals surface area contributed by atoms with Gasteiger partial charge in [0, 0.05) is 5.54 Å². The van der Waals surface area contributed by atoms with Gasteiger partial charge in [0.1, 0.15) is 0 Å². The lowest BCUT2D eigenvalue weighted by molar-refractivity contribution is 0.0152. The summed E-state index contributed by atoms with van der Waals surface area (Å²) in [6.45, 7) is 7.24. The molecule has 5 atom stereocenters. The highest BCUT2D eigenvalue weighted by atomic mass is 14.8. The molecule has 0 aromatic carbocycles. The largest absolute Gasteiger partial charge is 0.325 e. The van der Waals surface area contributed by atoms with Gasteiger partial charge in [-0.3, -0.25) is 0 Å². The van der Waals surface area contributed by atoms with E-state index in [0.29, 0.717) is 5.41 Å². The van der Waals surface area contributed by atoms with Gasteiger partial charge in [0.05, 0.1) is 0 Å². The van der Waals surface area contributed by atoms with Crippen molar-refractivity contribution in [3.05, 3.63) is 0 Å². The van der Waals surface area contributed by atoms with Gasteiger partial charge in [0.2, 0.25) is 0 Å². The van der Waals surface area contributed by atoms with Gasteiger partial charge in [0.15, 0.2) is 0 Å². The van der Waals surface area contributed by atoms with E-state index in [9.17, 15) is 0 Å². The predicted octanol–water partition coefficient (Wildman–Crippen LogP) is 4.36. The molecule has 0 aromatic rings. The van der Waals surface area contributed by atoms with Crippen molar-refractivity contribution in [1.29, 1.82) is 0 Å². The quantitative estimate of drug-likeness (QED) is 0.734. The smallest absolute Gasteiger partial charge is 0.0219 e. The monoisotopic (exact) mass is 249 g/mol. The van der Waals surface area contributed by atoms with Gasteiger partial charge in [-0.05, 0) is 61.2 Å². The summed E-state index contributed by atoms with van der Waals surface area (Å²) in [6.07, 6.45) is 11.4. The maximum atomic E-state index is 7.08. The first kappa shape index (κ1) is 13.0. The number of hydrogen-bond acceptors (Lipinski definition) is 1. The van der Waals surface area contributed by atoms with Crippen LogP contribution in [0.5, 0.6) is 0 Å². The molecule has 3 rings (SSSR count). The summed E-state index contributed by atoms with van der Waals surface area (Å²) in [6, 6.07) is 0. The fourth-order valence-electron chi connectivity index (χ4n) is 5.81. The molecule has 0 spiro atoms. The van der Waals surface area contributed by atoms with Crippen molar-refractivity contribution in [3.8, 4) is 0 Å². The van der Waals surface area contributed by atoms with Crippen molar-refractivity contribution in [2.75, 3.05) is 0 Å². The summed E-state index contributed by atoms with van der Waals surface area (Å²) in [5.74, 6) is 3.59. The number of rotatable bonds is 1. The molecule has 3 saturated carbocycles. The third kappa shape index (κ3) is 1.94. The van der Waals surface area contributed by atoms with Crippen LogP contribution in [0.15, 0.2) is 0 Å². The van der Waals surface area contributed by atoms with E-state index < -0.39 is 0 Å². The SMILES string of the molecule is CC(C)(C)C1CCCCC1(N)C1CC2CCC1C2. The average molecular weight is 249 g/mol. The number of hydrogen-bond donors (Lipinski definition) is 1. The minimum atomic E-state index is 0.163. The van der Waals surface area contributed by atoms with E-state index in [-0.39, 0.29) is 5.54 Å². The Morgan fingerprint density at radius 2 is 1.78 bits per heavy atom. The summed E-state index contributed by atoms with van der Waals surface area (Å²) >= 11 is 0. The van der Waals surface area contributed by atoms with E-state index >= 15 is 0 Å². The Hall–Kier alpha value is -0.0400. The minimum Gasteiger partial charge on any atom is -0.325 e. The van der Waals surface area contributed by atoms with E-state index in [1.807, 2.05) is 0 Å². The molecule has 0 saturated heterocycles.